The van der Waals surface area contributed by atoms with Gasteiger partial charge in [-0.25, -0.2) is 4.98 Å². The van der Waals surface area contributed by atoms with Gasteiger partial charge in [0.25, 0.3) is 5.91 Å². The van der Waals surface area contributed by atoms with E-state index in [1.165, 1.54) is 12.3 Å². The molecule has 11 heteroatoms. The first-order chi connectivity index (χ1) is 16.1. The highest BCUT2D eigenvalue weighted by molar-refractivity contribution is 5.92. The molecule has 4 rings (SSSR count). The van der Waals surface area contributed by atoms with Crippen molar-refractivity contribution in [3.63, 3.8) is 0 Å². The van der Waals surface area contributed by atoms with Crippen LogP contribution < -0.4 is 10.6 Å². The van der Waals surface area contributed by atoms with Gasteiger partial charge in [0.15, 0.2) is 0 Å². The zero-order valence-electron chi connectivity index (χ0n) is 18.6. The highest BCUT2D eigenvalue weighted by atomic mass is 19.4. The topological polar surface area (TPSA) is 108 Å². The summed E-state index contributed by atoms with van der Waals surface area (Å²) in [5, 5.41) is 9.04. The number of nitrogens with two attached hydrogens (primary N) is 1. The number of rotatable bonds is 4. The van der Waals surface area contributed by atoms with E-state index in [2.05, 4.69) is 4.98 Å². The molecule has 3 heterocycles. The Hall–Kier alpha value is -3.55. The van der Waals surface area contributed by atoms with Gasteiger partial charge in [0.1, 0.15) is 5.69 Å². The summed E-state index contributed by atoms with van der Waals surface area (Å²) in [5.41, 5.74) is 5.05. The summed E-state index contributed by atoms with van der Waals surface area (Å²) < 4.78 is 41.9. The predicted molar refractivity (Wildman–Crippen MR) is 116 cm³/mol. The van der Waals surface area contributed by atoms with Gasteiger partial charge in [0.05, 0.1) is 35.6 Å². The van der Waals surface area contributed by atoms with E-state index in [1.54, 1.807) is 33.8 Å². The molecule has 0 spiro atoms. The van der Waals surface area contributed by atoms with Crippen molar-refractivity contribution in [2.45, 2.75) is 19.0 Å². The van der Waals surface area contributed by atoms with E-state index in [9.17, 15) is 22.8 Å². The highest BCUT2D eigenvalue weighted by Gasteiger charge is 2.43. The first kappa shape index (κ1) is 23.6. The van der Waals surface area contributed by atoms with Crippen LogP contribution in [0, 0.1) is 29.1 Å². The van der Waals surface area contributed by atoms with Crippen LogP contribution in [0.3, 0.4) is 0 Å². The molecule has 0 radical (unpaired) electrons. The molecule has 0 bridgehead atoms. The lowest BCUT2D eigenvalue weighted by Gasteiger charge is -2.36. The number of anilines is 1. The first-order valence-electron chi connectivity index (χ1n) is 11.0. The number of aromatic nitrogens is 2. The van der Waals surface area contributed by atoms with E-state index in [4.69, 9.17) is 11.0 Å². The molecule has 2 saturated heterocycles. The number of hydrogen-bond donors (Lipinski definition) is 1. The number of hydrogen-bond acceptors (Lipinski definition) is 5. The lowest BCUT2D eigenvalue weighted by atomic mass is 9.78. The molecule has 8 nitrogen and oxygen atoms in total. The highest BCUT2D eigenvalue weighted by Crippen LogP contribution is 2.40. The van der Waals surface area contributed by atoms with Gasteiger partial charge in [0.2, 0.25) is 5.91 Å². The predicted octanol–water partition coefficient (Wildman–Crippen LogP) is 2.40. The average Bonchev–Trinajstić information content (AvgIpc) is 3.44. The van der Waals surface area contributed by atoms with Crippen molar-refractivity contribution < 1.29 is 22.8 Å². The normalized spacial score (nSPS) is 21.5. The zero-order chi connectivity index (χ0) is 24.6. The summed E-state index contributed by atoms with van der Waals surface area (Å²) in [6, 6.07) is 5.19. The molecule has 2 fully saturated rings. The molecule has 0 aliphatic carbocycles. The molecule has 1 aromatic heterocycles. The van der Waals surface area contributed by atoms with Crippen LogP contribution in [0.1, 0.15) is 34.5 Å². The van der Waals surface area contributed by atoms with Gasteiger partial charge >= 0.3 is 6.18 Å². The van der Waals surface area contributed by atoms with Gasteiger partial charge in [-0.05, 0) is 42.9 Å². The zero-order valence-corrected chi connectivity index (χ0v) is 18.6. The number of benzene rings is 1. The van der Waals surface area contributed by atoms with E-state index in [1.807, 2.05) is 0 Å². The second kappa shape index (κ2) is 9.00. The Labute approximate surface area is 194 Å². The maximum absolute atomic E-state index is 13.4. The fraction of sp³-hybridized carbons (Fsp3) is 0.478. The second-order valence-electron chi connectivity index (χ2n) is 8.94. The van der Waals surface area contributed by atoms with Crippen LogP contribution in [0.4, 0.5) is 18.9 Å². The van der Waals surface area contributed by atoms with Crippen molar-refractivity contribution in [1.29, 1.82) is 5.26 Å². The Morgan fingerprint density at radius 3 is 2.47 bits per heavy atom. The van der Waals surface area contributed by atoms with Gasteiger partial charge in [-0.15, -0.1) is 0 Å². The monoisotopic (exact) mass is 474 g/mol. The summed E-state index contributed by atoms with van der Waals surface area (Å²) in [6.07, 6.45) is -0.215. The number of halogens is 3. The van der Waals surface area contributed by atoms with Gasteiger partial charge in [-0.1, -0.05) is 0 Å². The van der Waals surface area contributed by atoms with Crippen LogP contribution in [0.15, 0.2) is 30.7 Å². The molecule has 2 amide bonds. The third-order valence-corrected chi connectivity index (χ3v) is 6.99. The Morgan fingerprint density at radius 2 is 1.91 bits per heavy atom. The van der Waals surface area contributed by atoms with Crippen LogP contribution in [-0.4, -0.2) is 52.4 Å². The van der Waals surface area contributed by atoms with Gasteiger partial charge in [0, 0.05) is 38.9 Å². The average molecular weight is 474 g/mol. The van der Waals surface area contributed by atoms with Crippen molar-refractivity contribution in [3.8, 4) is 6.07 Å². The smallest absolute Gasteiger partial charge is 0.370 e. The third kappa shape index (κ3) is 4.44. The summed E-state index contributed by atoms with van der Waals surface area (Å²) in [4.78, 5) is 32.5. The fourth-order valence-electron chi connectivity index (χ4n) is 5.14. The summed E-state index contributed by atoms with van der Waals surface area (Å²) in [5.74, 6) is -1.11. The molecule has 2 atom stereocenters. The second-order valence-corrected chi connectivity index (χ2v) is 8.94. The number of carbonyl (C=O) groups excluding carboxylic acids is 2. The van der Waals surface area contributed by atoms with Crippen LogP contribution in [0.25, 0.3) is 0 Å². The number of amides is 2. The van der Waals surface area contributed by atoms with Crippen molar-refractivity contribution in [1.82, 2.24) is 14.5 Å². The molecule has 0 saturated carbocycles. The van der Waals surface area contributed by atoms with Crippen LogP contribution in [0.5, 0.6) is 0 Å². The van der Waals surface area contributed by atoms with Gasteiger partial charge in [-0.3, -0.25) is 9.59 Å². The number of piperidine rings is 1. The lowest BCUT2D eigenvalue weighted by molar-refractivity contribution is -0.137. The summed E-state index contributed by atoms with van der Waals surface area (Å²) in [7, 11) is 1.75. The van der Waals surface area contributed by atoms with Crippen molar-refractivity contribution in [3.05, 3.63) is 47.5 Å². The molecule has 180 valence electrons. The van der Waals surface area contributed by atoms with Crippen LogP contribution >= 0.6 is 0 Å². The molecule has 2 aliphatic rings. The van der Waals surface area contributed by atoms with E-state index in [0.29, 0.717) is 43.9 Å². The minimum absolute atomic E-state index is 0.102. The Balaban J connectivity index is 1.49. The SMILES string of the molecule is Cn1cncc1C(=O)N1CCC(C2CN(c3ccc(C#N)c(C(F)(F)F)c3)CC2C(N)=O)CC1. The maximum atomic E-state index is 13.4. The Morgan fingerprint density at radius 1 is 1.21 bits per heavy atom. The van der Waals surface area contributed by atoms with Crippen molar-refractivity contribution in [2.24, 2.45) is 30.5 Å². The number of nitriles is 1. The number of imidazole rings is 1. The number of primary amides is 1. The maximum Gasteiger partial charge on any atom is 0.417 e. The van der Waals surface area contributed by atoms with E-state index >= 15 is 0 Å². The number of alkyl halides is 3. The molecule has 2 unspecified atom stereocenters. The first-order valence-corrected chi connectivity index (χ1v) is 11.0. The number of likely N-dealkylation sites (tertiary alicyclic amines) is 1. The van der Waals surface area contributed by atoms with Gasteiger partial charge in [-0.2, -0.15) is 18.4 Å². The summed E-state index contributed by atoms with van der Waals surface area (Å²) in [6.45, 7) is 1.64. The molecule has 2 aromatic rings. The quantitative estimate of drug-likeness (QED) is 0.732. The third-order valence-electron chi connectivity index (χ3n) is 6.99. The van der Waals surface area contributed by atoms with E-state index in [0.717, 1.165) is 12.1 Å². The Bertz CT molecular complexity index is 1130. The number of carbonyl (C=O) groups is 2. The van der Waals surface area contributed by atoms with Crippen LogP contribution in [0.2, 0.25) is 0 Å². The van der Waals surface area contributed by atoms with Gasteiger partial charge < -0.3 is 20.1 Å². The minimum Gasteiger partial charge on any atom is -0.370 e. The number of nitrogens with zero attached hydrogens (tertiary/aromatic N) is 5. The molecular formula is C23H25F3N6O2. The fourth-order valence-corrected chi connectivity index (χ4v) is 5.14. The van der Waals surface area contributed by atoms with Crippen molar-refractivity contribution >= 4 is 17.5 Å². The minimum atomic E-state index is -4.66. The molecule has 34 heavy (non-hydrogen) atoms. The van der Waals surface area contributed by atoms with Crippen LogP contribution in [-0.2, 0) is 18.0 Å². The lowest BCUT2D eigenvalue weighted by Crippen LogP contribution is -2.43. The molecule has 2 aliphatic heterocycles. The molecule has 2 N–H and O–H groups in total. The Kier molecular flexibility index (Phi) is 6.25. The van der Waals surface area contributed by atoms with Crippen molar-refractivity contribution in [2.75, 3.05) is 31.1 Å². The van der Waals surface area contributed by atoms with E-state index in [-0.39, 0.29) is 24.3 Å². The molecule has 1 aromatic carbocycles. The molecular weight excluding hydrogens is 449 g/mol. The summed E-state index contributed by atoms with van der Waals surface area (Å²) >= 11 is 0. The number of aryl methyl sites for hydroxylation is 1. The van der Waals surface area contributed by atoms with E-state index < -0.39 is 29.1 Å². The largest absolute Gasteiger partial charge is 0.417 e. The standard InChI is InChI=1S/C23H25F3N6O2/c1-30-13-29-10-20(30)22(34)31-6-4-14(5-7-31)17-11-32(12-18(17)21(28)33)16-3-2-15(9-27)19(8-16)23(24,25)26/h2-3,8,10,13-14,17-18H,4-7,11-12H2,1H3,(H2,28,33).